The molecule has 1 saturated heterocycles. The lowest BCUT2D eigenvalue weighted by molar-refractivity contribution is -0.133. The molecule has 6 aromatic carbocycles. The Morgan fingerprint density at radius 3 is 2.07 bits per heavy atom. The van der Waals surface area contributed by atoms with Crippen LogP contribution in [-0.4, -0.2) is 147 Å². The van der Waals surface area contributed by atoms with Crippen molar-refractivity contribution in [2.24, 2.45) is 22.4 Å². The van der Waals surface area contributed by atoms with Crippen LogP contribution in [0.5, 0.6) is 28.7 Å². The van der Waals surface area contributed by atoms with E-state index in [0.29, 0.717) is 82.2 Å². The van der Waals surface area contributed by atoms with Gasteiger partial charge in [0.05, 0.1) is 82.4 Å². The predicted octanol–water partition coefficient (Wildman–Crippen LogP) is 10.9. The van der Waals surface area contributed by atoms with E-state index >= 15 is 0 Å². The lowest BCUT2D eigenvalue weighted by Gasteiger charge is -2.31. The third kappa shape index (κ3) is 16.7. The molecule has 2 fully saturated rings. The first-order valence-electron chi connectivity index (χ1n) is 36.4. The summed E-state index contributed by atoms with van der Waals surface area (Å²) in [5.74, 6) is -1.91. The van der Waals surface area contributed by atoms with Crippen molar-refractivity contribution in [2.75, 3.05) is 64.5 Å². The van der Waals surface area contributed by atoms with Crippen LogP contribution < -0.4 is 49.4 Å². The number of nitrogens with one attached hydrogen (secondary N) is 4. The number of Topliss-reactive ketones (excluding diaryl/α,β-unsaturated/α-hetero) is 3. The lowest BCUT2D eigenvalue weighted by Crippen LogP contribution is -2.50. The van der Waals surface area contributed by atoms with Gasteiger partial charge in [-0.3, -0.25) is 38.4 Å². The largest absolute Gasteiger partial charge is 0.497 e. The summed E-state index contributed by atoms with van der Waals surface area (Å²) in [5, 5.41) is 24.6. The summed E-state index contributed by atoms with van der Waals surface area (Å²) >= 11 is 0. The molecular weight excluding hydrogens is 1370 g/mol. The first kappa shape index (κ1) is 75.5. The Labute approximate surface area is 621 Å². The molecule has 25 heteroatoms. The summed E-state index contributed by atoms with van der Waals surface area (Å²) in [6.45, 7) is 5.41. The van der Waals surface area contributed by atoms with E-state index in [1.54, 1.807) is 87.2 Å². The lowest BCUT2D eigenvalue weighted by atomic mass is 9.89. The topological polar surface area (TPSA) is 314 Å². The number of aliphatic hydroxyl groups excluding tert-OH is 1. The number of hydrogen-bond acceptors (Lipinski definition) is 19. The fraction of sp³-hybridized carbons (Fsp3) is 0.402. The number of carbonyl (C=O) groups excluding carboxylic acids is 9. The average Bonchev–Trinajstić information content (AvgIpc) is 1.58. The predicted molar refractivity (Wildman–Crippen MR) is 398 cm³/mol. The summed E-state index contributed by atoms with van der Waals surface area (Å²) in [7, 11) is 6.33. The average molecular weight is 1460 g/mol. The minimum absolute atomic E-state index is 0.00469. The van der Waals surface area contributed by atoms with Gasteiger partial charge in [-0.25, -0.2) is 15.2 Å². The zero-order valence-corrected chi connectivity index (χ0v) is 61.3. The van der Waals surface area contributed by atoms with Gasteiger partial charge in [0.25, 0.3) is 11.8 Å². The molecule has 5 aliphatic heterocycles. The molecule has 0 aromatic heterocycles. The SMILES string of the molecule is CN/C1=C(\N=N)c2ccccc2CN(C(=O)CCC(=O)CCC(=O)NCC(=O)C[C@H](C(=O)N[C@@H](C)C(=O)Cc2ccc(COC(=O)N3c4cc(OCCCOc5cc6c(cc5OC)C(=O)N5C=C(c7ccc(OC)cc7)C[C@H]5CC6)c(OC)cc4C(=O)N4CC5(CC5)C[C@H]4[C@@H]3O)cc2)C(C)C)c2ccccc21. The van der Waals surface area contributed by atoms with Gasteiger partial charge in [0.2, 0.25) is 17.7 Å². The monoisotopic (exact) mass is 1460 g/mol. The number of fused-ring (bicyclic) bond motifs is 6. The molecule has 1 spiro atoms. The maximum atomic E-state index is 14.5. The van der Waals surface area contributed by atoms with E-state index < -0.39 is 47.9 Å². The van der Waals surface area contributed by atoms with Crippen molar-refractivity contribution in [3.8, 4) is 28.7 Å². The Morgan fingerprint density at radius 1 is 0.710 bits per heavy atom. The first-order valence-corrected chi connectivity index (χ1v) is 36.4. The standard InChI is InChI=1S/C82H91N9O16/c1-48(2)62(38-58(93)43-85-73(95)29-25-57(92)26-30-74(96)89-44-54-13-8-9-14-60(54)76(87-83)75(84-4)61-15-10-11-16-65(61)89)77(97)86-49(3)68(94)35-50-17-19-51(20-18-50)46-107-81(101)91-66-41-72(70(104-7)40-64(66)79(99)90-47-82(31-32-82)42-67(90)80(91)100)106-34-12-33-105-71-37-53-21-24-56-36-55(52-22-27-59(102-5)28-23-52)45-88(56)78(98)63(53)39-69(71)103-6/h8-11,13-20,22-23,27-28,37,39-41,45,48-49,56,62,67,80,83-84,100H,12,21,24-26,29-36,38,42-44,46-47H2,1-7H3,(H,85,95)(H,86,97)/b76-75-,87-83?/t49-,56+,62-,67-,80-/m0/s1. The second-order valence-corrected chi connectivity index (χ2v) is 28.6. The number of anilines is 2. The summed E-state index contributed by atoms with van der Waals surface area (Å²) in [6.07, 6.45) is 3.47. The zero-order valence-electron chi connectivity index (χ0n) is 61.3. The number of nitrogens with zero attached hydrogens (tertiary/aromatic N) is 5. The van der Waals surface area contributed by atoms with Crippen LogP contribution in [0.2, 0.25) is 0 Å². The summed E-state index contributed by atoms with van der Waals surface area (Å²) in [5.41, 5.74) is 16.5. The van der Waals surface area contributed by atoms with Crippen LogP contribution in [0.1, 0.15) is 151 Å². The molecule has 107 heavy (non-hydrogen) atoms. The maximum Gasteiger partial charge on any atom is 0.416 e. The number of methoxy groups -OCH3 is 3. The minimum atomic E-state index is -1.48. The molecule has 1 saturated carbocycles. The third-order valence-electron chi connectivity index (χ3n) is 21.2. The van der Waals surface area contributed by atoms with Gasteiger partial charge in [-0.2, -0.15) is 5.11 Å². The summed E-state index contributed by atoms with van der Waals surface area (Å²) in [6, 6.07) is 34.3. The van der Waals surface area contributed by atoms with Crippen LogP contribution in [0.25, 0.3) is 17.0 Å². The van der Waals surface area contributed by atoms with Crippen LogP contribution in [0, 0.1) is 22.8 Å². The molecule has 5 heterocycles. The zero-order chi connectivity index (χ0) is 75.8. The summed E-state index contributed by atoms with van der Waals surface area (Å²) < 4.78 is 35.4. The molecular formula is C82H91N9O16. The van der Waals surface area contributed by atoms with Crippen molar-refractivity contribution in [2.45, 2.75) is 142 Å². The Kier molecular flexibility index (Phi) is 23.3. The van der Waals surface area contributed by atoms with E-state index in [1.165, 1.54) is 26.4 Å². The molecule has 12 rings (SSSR count). The van der Waals surface area contributed by atoms with Crippen LogP contribution >= 0.6 is 0 Å². The molecule has 25 nitrogen and oxygen atoms in total. The Morgan fingerprint density at radius 2 is 1.38 bits per heavy atom. The van der Waals surface area contributed by atoms with Gasteiger partial charge < -0.3 is 64.2 Å². The number of carbonyl (C=O) groups is 9. The number of aryl methyl sites for hydroxylation is 1. The van der Waals surface area contributed by atoms with E-state index in [9.17, 15) is 48.3 Å². The van der Waals surface area contributed by atoms with Gasteiger partial charge in [-0.05, 0) is 127 Å². The van der Waals surface area contributed by atoms with Gasteiger partial charge in [0, 0.05) is 99.5 Å². The molecule has 0 unspecified atom stereocenters. The Balaban J connectivity index is 0.604. The number of para-hydroxylation sites is 1. The number of benzene rings is 6. The van der Waals surface area contributed by atoms with E-state index in [0.717, 1.165) is 58.6 Å². The number of rotatable bonds is 30. The molecule has 560 valence electrons. The van der Waals surface area contributed by atoms with Crippen molar-refractivity contribution >= 4 is 81.3 Å². The van der Waals surface area contributed by atoms with E-state index in [1.807, 2.05) is 77.8 Å². The van der Waals surface area contributed by atoms with E-state index in [4.69, 9.17) is 34.0 Å². The van der Waals surface area contributed by atoms with Gasteiger partial charge >= 0.3 is 6.09 Å². The van der Waals surface area contributed by atoms with Crippen LogP contribution in [0.4, 0.5) is 16.2 Å². The third-order valence-corrected chi connectivity index (χ3v) is 21.2. The maximum absolute atomic E-state index is 14.5. The van der Waals surface area contributed by atoms with E-state index in [2.05, 4.69) is 21.1 Å². The summed E-state index contributed by atoms with van der Waals surface area (Å²) in [4.78, 5) is 130. The first-order chi connectivity index (χ1) is 51.6. The van der Waals surface area contributed by atoms with Crippen molar-refractivity contribution in [1.29, 1.82) is 5.53 Å². The number of hydrogen-bond donors (Lipinski definition) is 5. The van der Waals surface area contributed by atoms with Crippen molar-refractivity contribution in [3.63, 3.8) is 0 Å². The fourth-order valence-electron chi connectivity index (χ4n) is 14.9. The number of aliphatic hydroxyl groups is 1. The van der Waals surface area contributed by atoms with Crippen LogP contribution in [0.3, 0.4) is 0 Å². The second-order valence-electron chi connectivity index (χ2n) is 28.6. The highest BCUT2D eigenvalue weighted by Crippen LogP contribution is 2.57. The molecule has 1 aliphatic carbocycles. The van der Waals surface area contributed by atoms with Gasteiger partial charge in [-0.1, -0.05) is 92.7 Å². The van der Waals surface area contributed by atoms with Crippen molar-refractivity contribution < 1.29 is 76.7 Å². The Hall–Kier alpha value is -11.2. The van der Waals surface area contributed by atoms with Crippen LogP contribution in [0.15, 0.2) is 133 Å². The number of amides is 6. The molecule has 5 atom stereocenters. The minimum Gasteiger partial charge on any atom is -0.497 e. The molecule has 0 radical (unpaired) electrons. The highest BCUT2D eigenvalue weighted by atomic mass is 16.6. The highest BCUT2D eigenvalue weighted by Gasteiger charge is 2.58. The van der Waals surface area contributed by atoms with E-state index in [-0.39, 0.29) is 141 Å². The molecule has 0 bridgehead atoms. The van der Waals surface area contributed by atoms with Gasteiger partial charge in [-0.15, -0.1) is 0 Å². The second kappa shape index (κ2) is 33.1. The fourth-order valence-corrected chi connectivity index (χ4v) is 14.9. The molecule has 6 aromatic rings. The highest BCUT2D eigenvalue weighted by molar-refractivity contribution is 6.07. The van der Waals surface area contributed by atoms with Crippen molar-refractivity contribution in [1.82, 2.24) is 25.8 Å². The normalized spacial score (nSPS) is 18.6. The molecule has 6 aliphatic rings. The van der Waals surface area contributed by atoms with Gasteiger partial charge in [0.15, 0.2) is 40.8 Å². The molecule has 5 N–H and O–H groups in total. The van der Waals surface area contributed by atoms with Gasteiger partial charge in [0.1, 0.15) is 23.8 Å². The van der Waals surface area contributed by atoms with Crippen molar-refractivity contribution in [3.05, 3.63) is 178 Å². The number of ketones is 3. The number of ether oxygens (including phenoxy) is 6. The molecule has 6 amide bonds. The Bertz CT molecular complexity index is 4510. The van der Waals surface area contributed by atoms with Crippen LogP contribution in [-0.2, 0) is 59.5 Å². The quantitative estimate of drug-likeness (QED) is 0.0207. The smallest absolute Gasteiger partial charge is 0.416 e.